The van der Waals surface area contributed by atoms with Crippen LogP contribution in [0.1, 0.15) is 31.2 Å². The zero-order valence-electron chi connectivity index (χ0n) is 12.2. The molecule has 0 unspecified atom stereocenters. The summed E-state index contributed by atoms with van der Waals surface area (Å²) < 4.78 is 41.2. The highest BCUT2D eigenvalue weighted by molar-refractivity contribution is 7.89. The van der Waals surface area contributed by atoms with Gasteiger partial charge in [0, 0.05) is 13.1 Å². The van der Waals surface area contributed by atoms with Crippen molar-refractivity contribution < 1.29 is 12.8 Å². The third kappa shape index (κ3) is 3.12. The Morgan fingerprint density at radius 1 is 1.33 bits per heavy atom. The largest absolute Gasteiger partial charge is 0.316 e. The van der Waals surface area contributed by atoms with Gasteiger partial charge in [-0.25, -0.2) is 17.5 Å². The summed E-state index contributed by atoms with van der Waals surface area (Å²) in [6, 6.07) is 4.27. The molecule has 0 heterocycles. The number of nitrogens with one attached hydrogen (secondary N) is 2. The topological polar surface area (TPSA) is 58.2 Å². The summed E-state index contributed by atoms with van der Waals surface area (Å²) in [6.07, 6.45) is 4.58. The average Bonchev–Trinajstić information content (AvgIpc) is 3.29. The fourth-order valence-electron chi connectivity index (χ4n) is 2.98. The van der Waals surface area contributed by atoms with Gasteiger partial charge < -0.3 is 5.32 Å². The standard InChI is InChI=1S/C15H21FN2O2S/c1-17-9-11-2-5-14(13(16)8-11)21(19,20)18-10-15(6-7-15)12-3-4-12/h2,5,8,12,17-18H,3-4,6-7,9-10H2,1H3. The molecule has 0 spiro atoms. The molecule has 0 aliphatic heterocycles. The van der Waals surface area contributed by atoms with Gasteiger partial charge in [0.15, 0.2) is 0 Å². The summed E-state index contributed by atoms with van der Waals surface area (Å²) in [5, 5.41) is 2.91. The average molecular weight is 312 g/mol. The number of hydrogen-bond donors (Lipinski definition) is 2. The predicted molar refractivity (Wildman–Crippen MR) is 78.7 cm³/mol. The first-order valence-corrected chi connectivity index (χ1v) is 8.88. The van der Waals surface area contributed by atoms with E-state index in [2.05, 4.69) is 10.0 Å². The number of benzene rings is 1. The van der Waals surface area contributed by atoms with Crippen molar-refractivity contribution in [1.29, 1.82) is 0 Å². The second-order valence-corrected chi connectivity index (χ2v) is 7.99. The van der Waals surface area contributed by atoms with Gasteiger partial charge in [-0.1, -0.05) is 6.07 Å². The Bertz CT molecular complexity index is 637. The normalized spacial score (nSPS) is 20.5. The third-order valence-corrected chi connectivity index (χ3v) is 6.05. The lowest BCUT2D eigenvalue weighted by Crippen LogP contribution is -2.31. The molecule has 0 atom stereocenters. The van der Waals surface area contributed by atoms with Crippen LogP contribution in [0.4, 0.5) is 4.39 Å². The van der Waals surface area contributed by atoms with Crippen molar-refractivity contribution >= 4 is 10.0 Å². The molecule has 2 aliphatic rings. The van der Waals surface area contributed by atoms with Crippen molar-refractivity contribution in [1.82, 2.24) is 10.0 Å². The molecule has 1 aromatic carbocycles. The molecular formula is C15H21FN2O2S. The Balaban J connectivity index is 1.72. The lowest BCUT2D eigenvalue weighted by atomic mass is 10.0. The maximum absolute atomic E-state index is 14.0. The van der Waals surface area contributed by atoms with Crippen LogP contribution in [0.5, 0.6) is 0 Å². The number of rotatable bonds is 7. The number of hydrogen-bond acceptors (Lipinski definition) is 3. The molecule has 2 fully saturated rings. The Morgan fingerprint density at radius 3 is 2.57 bits per heavy atom. The summed E-state index contributed by atoms with van der Waals surface area (Å²) >= 11 is 0. The van der Waals surface area contributed by atoms with Gasteiger partial charge in [0.05, 0.1) is 0 Å². The smallest absolute Gasteiger partial charge is 0.243 e. The Morgan fingerprint density at radius 2 is 2.05 bits per heavy atom. The molecule has 21 heavy (non-hydrogen) atoms. The number of sulfonamides is 1. The van der Waals surface area contributed by atoms with Crippen molar-refractivity contribution in [2.75, 3.05) is 13.6 Å². The quantitative estimate of drug-likeness (QED) is 0.810. The molecule has 3 rings (SSSR count). The van der Waals surface area contributed by atoms with Crippen LogP contribution in [0.15, 0.2) is 23.1 Å². The Labute approximate surface area is 125 Å². The molecule has 6 heteroatoms. The van der Waals surface area contributed by atoms with Crippen LogP contribution in [0.2, 0.25) is 0 Å². The van der Waals surface area contributed by atoms with Crippen LogP contribution in [0.3, 0.4) is 0 Å². The molecule has 0 amide bonds. The Kier molecular flexibility index (Phi) is 3.80. The zero-order chi connectivity index (χ0) is 15.1. The van der Waals surface area contributed by atoms with Gasteiger partial charge in [-0.2, -0.15) is 0 Å². The van der Waals surface area contributed by atoms with Crippen molar-refractivity contribution in [2.24, 2.45) is 11.3 Å². The van der Waals surface area contributed by atoms with E-state index in [1.54, 1.807) is 13.1 Å². The van der Waals surface area contributed by atoms with Gasteiger partial charge in [-0.05, 0) is 61.8 Å². The van der Waals surface area contributed by atoms with Crippen LogP contribution in [-0.2, 0) is 16.6 Å². The van der Waals surface area contributed by atoms with Crippen LogP contribution >= 0.6 is 0 Å². The van der Waals surface area contributed by atoms with Gasteiger partial charge >= 0.3 is 0 Å². The summed E-state index contributed by atoms with van der Waals surface area (Å²) in [7, 11) is -2.01. The lowest BCUT2D eigenvalue weighted by Gasteiger charge is -2.15. The van der Waals surface area contributed by atoms with E-state index in [4.69, 9.17) is 0 Å². The van der Waals surface area contributed by atoms with Gasteiger partial charge in [0.2, 0.25) is 10.0 Å². The van der Waals surface area contributed by atoms with Gasteiger partial charge in [0.1, 0.15) is 10.7 Å². The molecule has 4 nitrogen and oxygen atoms in total. The van der Waals surface area contributed by atoms with E-state index in [0.29, 0.717) is 19.0 Å². The first kappa shape index (κ1) is 14.9. The minimum Gasteiger partial charge on any atom is -0.316 e. The predicted octanol–water partition coefficient (Wildman–Crippen LogP) is 2.01. The van der Waals surface area contributed by atoms with E-state index in [0.717, 1.165) is 18.4 Å². The van der Waals surface area contributed by atoms with E-state index in [9.17, 15) is 12.8 Å². The van der Waals surface area contributed by atoms with Crippen LogP contribution < -0.4 is 10.0 Å². The fourth-order valence-corrected chi connectivity index (χ4v) is 4.17. The maximum atomic E-state index is 14.0. The fraction of sp³-hybridized carbons (Fsp3) is 0.600. The van der Waals surface area contributed by atoms with Crippen molar-refractivity contribution in [2.45, 2.75) is 37.1 Å². The molecule has 2 N–H and O–H groups in total. The molecule has 0 aromatic heterocycles. The summed E-state index contributed by atoms with van der Waals surface area (Å²) in [5.74, 6) is -0.0189. The number of halogens is 1. The lowest BCUT2D eigenvalue weighted by molar-refractivity contribution is 0.431. The molecule has 2 aliphatic carbocycles. The second-order valence-electron chi connectivity index (χ2n) is 6.26. The summed E-state index contributed by atoms with van der Waals surface area (Å²) in [4.78, 5) is -0.256. The van der Waals surface area contributed by atoms with E-state index in [1.165, 1.54) is 25.0 Å². The highest BCUT2D eigenvalue weighted by atomic mass is 32.2. The van der Waals surface area contributed by atoms with Crippen LogP contribution in [0.25, 0.3) is 0 Å². The molecule has 0 saturated heterocycles. The third-order valence-electron chi connectivity index (χ3n) is 4.62. The van der Waals surface area contributed by atoms with Crippen molar-refractivity contribution in [3.05, 3.63) is 29.6 Å². The Hall–Kier alpha value is -0.980. The highest BCUT2D eigenvalue weighted by Crippen LogP contribution is 2.60. The van der Waals surface area contributed by atoms with Gasteiger partial charge in [-0.15, -0.1) is 0 Å². The first-order valence-electron chi connectivity index (χ1n) is 7.40. The molecule has 0 radical (unpaired) electrons. The van der Waals surface area contributed by atoms with Crippen molar-refractivity contribution in [3.8, 4) is 0 Å². The zero-order valence-corrected chi connectivity index (χ0v) is 13.0. The molecular weight excluding hydrogens is 291 g/mol. The van der Waals surface area contributed by atoms with Gasteiger partial charge in [0.25, 0.3) is 0 Å². The highest BCUT2D eigenvalue weighted by Gasteiger charge is 2.53. The van der Waals surface area contributed by atoms with Crippen LogP contribution in [-0.4, -0.2) is 22.0 Å². The van der Waals surface area contributed by atoms with E-state index >= 15 is 0 Å². The minimum atomic E-state index is -3.77. The van der Waals surface area contributed by atoms with E-state index < -0.39 is 15.8 Å². The van der Waals surface area contributed by atoms with Crippen LogP contribution in [0, 0.1) is 17.2 Å². The molecule has 116 valence electrons. The molecule has 1 aromatic rings. The minimum absolute atomic E-state index is 0.162. The van der Waals surface area contributed by atoms with Crippen molar-refractivity contribution in [3.63, 3.8) is 0 Å². The maximum Gasteiger partial charge on any atom is 0.243 e. The molecule has 0 bridgehead atoms. The first-order chi connectivity index (χ1) is 9.97. The van der Waals surface area contributed by atoms with E-state index in [-0.39, 0.29) is 10.3 Å². The summed E-state index contributed by atoms with van der Waals surface area (Å²) in [6.45, 7) is 0.952. The monoisotopic (exact) mass is 312 g/mol. The molecule has 2 saturated carbocycles. The SMILES string of the molecule is CNCc1ccc(S(=O)(=O)NCC2(C3CC3)CC2)c(F)c1. The van der Waals surface area contributed by atoms with Gasteiger partial charge in [-0.3, -0.25) is 0 Å². The van der Waals surface area contributed by atoms with E-state index in [1.807, 2.05) is 0 Å². The summed E-state index contributed by atoms with van der Waals surface area (Å²) in [5.41, 5.74) is 0.890. The second kappa shape index (κ2) is 5.34.